The molecule has 0 saturated heterocycles. The maximum atomic E-state index is 14.0. The van der Waals surface area contributed by atoms with Crippen molar-refractivity contribution in [2.24, 2.45) is 0 Å². The van der Waals surface area contributed by atoms with E-state index in [9.17, 15) is 13.2 Å². The fourth-order valence-electron chi connectivity index (χ4n) is 4.91. The van der Waals surface area contributed by atoms with Crippen LogP contribution in [0.25, 0.3) is 10.9 Å². The molecule has 1 aliphatic rings. The molecule has 0 aliphatic carbocycles. The van der Waals surface area contributed by atoms with Crippen LogP contribution in [-0.2, 0) is 21.2 Å². The number of hydrogen-bond acceptors (Lipinski definition) is 5. The van der Waals surface area contributed by atoms with Gasteiger partial charge in [-0.25, -0.2) is 8.42 Å². The van der Waals surface area contributed by atoms with E-state index in [-0.39, 0.29) is 29.4 Å². The number of nitrogens with zero attached hydrogens (tertiary/aromatic N) is 3. The van der Waals surface area contributed by atoms with Gasteiger partial charge in [0.1, 0.15) is 4.90 Å². The maximum Gasteiger partial charge on any atom is 0.245 e. The zero-order valence-electron chi connectivity index (χ0n) is 20.7. The Hall–Kier alpha value is -2.78. The summed E-state index contributed by atoms with van der Waals surface area (Å²) in [7, 11) is -4.00. The number of benzene rings is 2. The molecule has 0 fully saturated rings. The molecule has 2 unspecified atom stereocenters. The third-order valence-corrected chi connectivity index (χ3v) is 10.3. The summed E-state index contributed by atoms with van der Waals surface area (Å²) >= 11 is 7.83. The number of aromatic nitrogens is 1. The maximum absolute atomic E-state index is 14.0. The van der Waals surface area contributed by atoms with Gasteiger partial charge >= 0.3 is 0 Å². The summed E-state index contributed by atoms with van der Waals surface area (Å²) < 4.78 is 29.4. The summed E-state index contributed by atoms with van der Waals surface area (Å²) in [5.41, 5.74) is 2.45. The highest BCUT2D eigenvalue weighted by Gasteiger charge is 2.37. The molecule has 2 atom stereocenters. The van der Waals surface area contributed by atoms with Gasteiger partial charge in [-0.1, -0.05) is 48.9 Å². The second-order valence-electron chi connectivity index (χ2n) is 9.23. The van der Waals surface area contributed by atoms with Gasteiger partial charge in [-0.15, -0.1) is 11.3 Å². The van der Waals surface area contributed by atoms with Gasteiger partial charge in [-0.2, -0.15) is 4.31 Å². The second-order valence-corrected chi connectivity index (χ2v) is 12.5. The van der Waals surface area contributed by atoms with Gasteiger partial charge in [-0.05, 0) is 66.6 Å². The molecule has 2 aromatic carbocycles. The number of para-hydroxylation sites is 1. The van der Waals surface area contributed by atoms with Crippen LogP contribution in [0.2, 0.25) is 5.02 Å². The number of hydrogen-bond donors (Lipinski definition) is 0. The zero-order valence-corrected chi connectivity index (χ0v) is 23.1. The van der Waals surface area contributed by atoms with Crippen LogP contribution in [0.4, 0.5) is 0 Å². The molecular weight excluding hydrogens is 526 g/mol. The van der Waals surface area contributed by atoms with Gasteiger partial charge in [0.15, 0.2) is 0 Å². The van der Waals surface area contributed by atoms with E-state index in [0.717, 1.165) is 22.9 Å². The highest BCUT2D eigenvalue weighted by Crippen LogP contribution is 2.38. The molecule has 4 aromatic rings. The Balaban J connectivity index is 1.52. The Labute approximate surface area is 226 Å². The summed E-state index contributed by atoms with van der Waals surface area (Å²) in [6, 6.07) is 17.6. The monoisotopic (exact) mass is 553 g/mol. The molecule has 0 N–H and O–H groups in total. The number of carbonyl (C=O) groups excluding carboxylic acids is 1. The predicted octanol–water partition coefficient (Wildman–Crippen LogP) is 5.91. The molecular formula is C28H28ClN3O3S2. The number of carbonyl (C=O) groups is 1. The van der Waals surface area contributed by atoms with Crippen molar-refractivity contribution in [3.63, 3.8) is 0 Å². The quantitative estimate of drug-likeness (QED) is 0.285. The van der Waals surface area contributed by atoms with E-state index in [1.165, 1.54) is 9.18 Å². The molecule has 6 nitrogen and oxygen atoms in total. The van der Waals surface area contributed by atoms with Crippen molar-refractivity contribution in [2.75, 3.05) is 13.1 Å². The van der Waals surface area contributed by atoms with Crippen LogP contribution in [0.3, 0.4) is 0 Å². The minimum absolute atomic E-state index is 0.117. The van der Waals surface area contributed by atoms with Gasteiger partial charge in [-0.3, -0.25) is 9.78 Å². The third-order valence-electron chi connectivity index (χ3n) is 7.03. The van der Waals surface area contributed by atoms with E-state index < -0.39 is 10.0 Å². The Morgan fingerprint density at radius 3 is 2.68 bits per heavy atom. The van der Waals surface area contributed by atoms with E-state index in [4.69, 9.17) is 11.6 Å². The number of thiophene rings is 1. The first-order valence-corrected chi connectivity index (χ1v) is 15.0. The van der Waals surface area contributed by atoms with Gasteiger partial charge in [0.2, 0.25) is 15.9 Å². The average molecular weight is 554 g/mol. The molecule has 192 valence electrons. The van der Waals surface area contributed by atoms with Crippen LogP contribution in [0.5, 0.6) is 0 Å². The summed E-state index contributed by atoms with van der Waals surface area (Å²) in [5, 5.41) is 3.41. The largest absolute Gasteiger partial charge is 0.330 e. The van der Waals surface area contributed by atoms with Crippen LogP contribution in [-0.4, -0.2) is 47.6 Å². The highest BCUT2D eigenvalue weighted by atomic mass is 35.5. The highest BCUT2D eigenvalue weighted by molar-refractivity contribution is 7.89. The topological polar surface area (TPSA) is 70.6 Å². The molecule has 0 saturated carbocycles. The Kier molecular flexibility index (Phi) is 7.36. The first kappa shape index (κ1) is 25.9. The van der Waals surface area contributed by atoms with E-state index >= 15 is 0 Å². The minimum atomic E-state index is -4.00. The van der Waals surface area contributed by atoms with Gasteiger partial charge in [0.05, 0.1) is 18.1 Å². The van der Waals surface area contributed by atoms with Crippen molar-refractivity contribution in [3.05, 3.63) is 93.3 Å². The third kappa shape index (κ3) is 4.91. The smallest absolute Gasteiger partial charge is 0.245 e. The SMILES string of the molecule is CCC(C)N(CC(=O)N1CCc2sccc2C1c1ccc(Cl)cc1)S(=O)(=O)c1cccc2cccnc12. The average Bonchev–Trinajstić information content (AvgIpc) is 3.40. The number of sulfonamides is 1. The van der Waals surface area contributed by atoms with Crippen LogP contribution >= 0.6 is 22.9 Å². The molecule has 0 radical (unpaired) electrons. The van der Waals surface area contributed by atoms with Gasteiger partial charge < -0.3 is 4.90 Å². The summed E-state index contributed by atoms with van der Waals surface area (Å²) in [6.45, 7) is 4.04. The number of amides is 1. The molecule has 2 aromatic heterocycles. The first-order valence-electron chi connectivity index (χ1n) is 12.3. The number of pyridine rings is 1. The predicted molar refractivity (Wildman–Crippen MR) is 148 cm³/mol. The number of fused-ring (bicyclic) bond motifs is 2. The van der Waals surface area contributed by atoms with Crippen LogP contribution in [0.1, 0.15) is 42.3 Å². The lowest BCUT2D eigenvalue weighted by atomic mass is 9.93. The molecule has 0 spiro atoms. The summed E-state index contributed by atoms with van der Waals surface area (Å²) in [4.78, 5) is 21.5. The lowest BCUT2D eigenvalue weighted by Crippen LogP contribution is -2.49. The lowest BCUT2D eigenvalue weighted by Gasteiger charge is -2.38. The van der Waals surface area contributed by atoms with Crippen molar-refractivity contribution in [3.8, 4) is 0 Å². The van der Waals surface area contributed by atoms with Gasteiger partial charge in [0, 0.05) is 34.1 Å². The van der Waals surface area contributed by atoms with Crippen molar-refractivity contribution < 1.29 is 13.2 Å². The van der Waals surface area contributed by atoms with Crippen molar-refractivity contribution in [1.29, 1.82) is 0 Å². The minimum Gasteiger partial charge on any atom is -0.330 e. The van der Waals surface area contributed by atoms with Crippen molar-refractivity contribution >= 4 is 49.8 Å². The second kappa shape index (κ2) is 10.5. The number of rotatable bonds is 7. The van der Waals surface area contributed by atoms with Crippen molar-refractivity contribution in [1.82, 2.24) is 14.2 Å². The van der Waals surface area contributed by atoms with Crippen molar-refractivity contribution in [2.45, 2.75) is 43.7 Å². The normalized spacial score (nSPS) is 16.6. The molecule has 0 bridgehead atoms. The molecule has 1 aliphatic heterocycles. The van der Waals surface area contributed by atoms with Crippen LogP contribution in [0.15, 0.2) is 77.1 Å². The molecule has 5 rings (SSSR count). The Morgan fingerprint density at radius 1 is 1.16 bits per heavy atom. The van der Waals surface area contributed by atoms with E-state index in [0.29, 0.717) is 23.5 Å². The first-order chi connectivity index (χ1) is 17.8. The standard InChI is InChI=1S/C28H28ClN3O3S2/c1-3-19(2)32(37(34,35)25-8-4-6-20-7-5-15-30-27(20)25)18-26(33)31-16-13-24-23(14-17-36-24)28(31)21-9-11-22(29)12-10-21/h4-12,14-15,17,19,28H,3,13,16,18H2,1-2H3. The molecule has 9 heteroatoms. The van der Waals surface area contributed by atoms with Crippen LogP contribution < -0.4 is 0 Å². The van der Waals surface area contributed by atoms with Crippen LogP contribution in [0, 0.1) is 0 Å². The number of halogens is 1. The lowest BCUT2D eigenvalue weighted by molar-refractivity contribution is -0.133. The van der Waals surface area contributed by atoms with E-state index in [2.05, 4.69) is 11.1 Å². The summed E-state index contributed by atoms with van der Waals surface area (Å²) in [6.07, 6.45) is 2.90. The Bertz CT molecular complexity index is 1530. The zero-order chi connectivity index (χ0) is 26.2. The van der Waals surface area contributed by atoms with E-state index in [1.807, 2.05) is 60.5 Å². The summed E-state index contributed by atoms with van der Waals surface area (Å²) in [5.74, 6) is -0.228. The molecule has 37 heavy (non-hydrogen) atoms. The molecule has 3 heterocycles. The van der Waals surface area contributed by atoms with Gasteiger partial charge in [0.25, 0.3) is 0 Å². The fraction of sp³-hybridized carbons (Fsp3) is 0.286. The molecule has 1 amide bonds. The fourth-order valence-corrected chi connectivity index (χ4v) is 7.76. The Morgan fingerprint density at radius 2 is 1.92 bits per heavy atom. The van der Waals surface area contributed by atoms with E-state index in [1.54, 1.807) is 35.7 Å².